The highest BCUT2D eigenvalue weighted by atomic mass is 19.1. The monoisotopic (exact) mass is 278 g/mol. The van der Waals surface area contributed by atoms with Gasteiger partial charge in [0.25, 0.3) is 0 Å². The molecule has 0 aliphatic rings. The summed E-state index contributed by atoms with van der Waals surface area (Å²) in [6.45, 7) is 3.55. The van der Waals surface area contributed by atoms with Crippen LogP contribution in [0.5, 0.6) is 0 Å². The summed E-state index contributed by atoms with van der Waals surface area (Å²) < 4.78 is 27.7. The smallest absolute Gasteiger partial charge is 0.152 e. The number of hydrogen-bond acceptors (Lipinski definition) is 4. The van der Waals surface area contributed by atoms with E-state index < -0.39 is 11.6 Å². The van der Waals surface area contributed by atoms with Crippen molar-refractivity contribution in [2.75, 3.05) is 11.1 Å². The van der Waals surface area contributed by atoms with Crippen LogP contribution in [0.15, 0.2) is 18.5 Å². The Morgan fingerprint density at radius 1 is 1.25 bits per heavy atom. The lowest BCUT2D eigenvalue weighted by molar-refractivity contribution is 0.584. The standard InChI is InChI=1S/C14H16F2N4/c1-3-4-9-13(17)18-7-19-14(9)20-12-10(15)6-5-8(2)11(12)16/h5-7H,3-4H2,1-2H3,(H3,17,18,19,20). The zero-order valence-corrected chi connectivity index (χ0v) is 11.4. The molecule has 20 heavy (non-hydrogen) atoms. The third kappa shape index (κ3) is 2.68. The number of aryl methyl sites for hydroxylation is 1. The van der Waals surface area contributed by atoms with E-state index in [-0.39, 0.29) is 5.69 Å². The number of benzene rings is 1. The van der Waals surface area contributed by atoms with Gasteiger partial charge in [-0.2, -0.15) is 0 Å². The Morgan fingerprint density at radius 2 is 2.00 bits per heavy atom. The molecule has 0 aliphatic carbocycles. The van der Waals surface area contributed by atoms with Crippen molar-refractivity contribution in [3.63, 3.8) is 0 Å². The van der Waals surface area contributed by atoms with Gasteiger partial charge in [0.1, 0.15) is 29.5 Å². The summed E-state index contributed by atoms with van der Waals surface area (Å²) in [6, 6.07) is 2.60. The molecule has 1 aromatic heterocycles. The highest BCUT2D eigenvalue weighted by Crippen LogP contribution is 2.28. The SMILES string of the molecule is CCCc1c(N)ncnc1Nc1c(F)ccc(C)c1F. The van der Waals surface area contributed by atoms with Crippen molar-refractivity contribution in [2.45, 2.75) is 26.7 Å². The Bertz CT molecular complexity index is 629. The number of nitrogens with two attached hydrogens (primary N) is 1. The van der Waals surface area contributed by atoms with Crippen molar-refractivity contribution in [2.24, 2.45) is 0 Å². The van der Waals surface area contributed by atoms with E-state index in [1.807, 2.05) is 6.92 Å². The van der Waals surface area contributed by atoms with Crippen LogP contribution in [0.2, 0.25) is 0 Å². The largest absolute Gasteiger partial charge is 0.383 e. The first kappa shape index (κ1) is 14.2. The van der Waals surface area contributed by atoms with Crippen molar-refractivity contribution in [1.82, 2.24) is 9.97 Å². The second-order valence-electron chi connectivity index (χ2n) is 4.51. The van der Waals surface area contributed by atoms with Crippen LogP contribution >= 0.6 is 0 Å². The van der Waals surface area contributed by atoms with E-state index >= 15 is 0 Å². The lowest BCUT2D eigenvalue weighted by atomic mass is 10.1. The second kappa shape index (κ2) is 5.81. The number of halogens is 2. The first-order chi connectivity index (χ1) is 9.54. The average molecular weight is 278 g/mol. The lowest BCUT2D eigenvalue weighted by Crippen LogP contribution is -2.07. The summed E-state index contributed by atoms with van der Waals surface area (Å²) in [5, 5.41) is 2.69. The minimum Gasteiger partial charge on any atom is -0.383 e. The molecule has 0 spiro atoms. The molecular weight excluding hydrogens is 262 g/mol. The summed E-state index contributed by atoms with van der Waals surface area (Å²) in [7, 11) is 0. The van der Waals surface area contributed by atoms with E-state index in [0.29, 0.717) is 29.2 Å². The molecule has 0 amide bonds. The van der Waals surface area contributed by atoms with Gasteiger partial charge in [-0.05, 0) is 25.0 Å². The van der Waals surface area contributed by atoms with Crippen LogP contribution in [0.3, 0.4) is 0 Å². The van der Waals surface area contributed by atoms with E-state index in [9.17, 15) is 8.78 Å². The Labute approximate surface area is 116 Å². The molecular formula is C14H16F2N4. The molecule has 4 nitrogen and oxygen atoms in total. The molecule has 1 heterocycles. The number of nitrogen functional groups attached to an aromatic ring is 1. The van der Waals surface area contributed by atoms with E-state index in [2.05, 4.69) is 15.3 Å². The molecule has 0 fully saturated rings. The topological polar surface area (TPSA) is 63.8 Å². The van der Waals surface area contributed by atoms with Crippen LogP contribution in [0.25, 0.3) is 0 Å². The van der Waals surface area contributed by atoms with Crippen molar-refractivity contribution in [3.05, 3.63) is 41.2 Å². The van der Waals surface area contributed by atoms with Gasteiger partial charge in [0.05, 0.1) is 0 Å². The molecule has 0 atom stereocenters. The predicted molar refractivity (Wildman–Crippen MR) is 74.8 cm³/mol. The van der Waals surface area contributed by atoms with Gasteiger partial charge in [-0.25, -0.2) is 18.7 Å². The van der Waals surface area contributed by atoms with Gasteiger partial charge >= 0.3 is 0 Å². The van der Waals surface area contributed by atoms with Crippen LogP contribution in [-0.2, 0) is 6.42 Å². The maximum atomic E-state index is 14.0. The summed E-state index contributed by atoms with van der Waals surface area (Å²) in [6.07, 6.45) is 2.72. The maximum Gasteiger partial charge on any atom is 0.152 e. The number of aromatic nitrogens is 2. The van der Waals surface area contributed by atoms with Crippen LogP contribution in [-0.4, -0.2) is 9.97 Å². The van der Waals surface area contributed by atoms with Gasteiger partial charge in [0.2, 0.25) is 0 Å². The Balaban J connectivity index is 2.45. The lowest BCUT2D eigenvalue weighted by Gasteiger charge is -2.13. The number of anilines is 3. The molecule has 2 aromatic rings. The fourth-order valence-electron chi connectivity index (χ4n) is 1.92. The molecule has 6 heteroatoms. The number of rotatable bonds is 4. The number of nitrogens with zero attached hydrogens (tertiary/aromatic N) is 2. The zero-order chi connectivity index (χ0) is 14.7. The molecule has 0 unspecified atom stereocenters. The van der Waals surface area contributed by atoms with Crippen molar-refractivity contribution in [3.8, 4) is 0 Å². The zero-order valence-electron chi connectivity index (χ0n) is 11.4. The van der Waals surface area contributed by atoms with Gasteiger partial charge in [0, 0.05) is 5.56 Å². The maximum absolute atomic E-state index is 14.0. The first-order valence-corrected chi connectivity index (χ1v) is 6.35. The first-order valence-electron chi connectivity index (χ1n) is 6.35. The minimum atomic E-state index is -0.673. The average Bonchev–Trinajstić information content (AvgIpc) is 2.43. The van der Waals surface area contributed by atoms with Gasteiger partial charge in [-0.3, -0.25) is 0 Å². The third-order valence-corrected chi connectivity index (χ3v) is 3.01. The number of hydrogen-bond donors (Lipinski definition) is 2. The summed E-state index contributed by atoms with van der Waals surface area (Å²) >= 11 is 0. The highest BCUT2D eigenvalue weighted by molar-refractivity contribution is 5.65. The second-order valence-corrected chi connectivity index (χ2v) is 4.51. The quantitative estimate of drug-likeness (QED) is 0.900. The fourth-order valence-corrected chi connectivity index (χ4v) is 1.92. The van der Waals surface area contributed by atoms with Gasteiger partial charge in [-0.1, -0.05) is 19.4 Å². The van der Waals surface area contributed by atoms with Gasteiger partial charge in [0.15, 0.2) is 5.82 Å². The van der Waals surface area contributed by atoms with Crippen LogP contribution in [0.1, 0.15) is 24.5 Å². The van der Waals surface area contributed by atoms with E-state index in [0.717, 1.165) is 6.42 Å². The van der Waals surface area contributed by atoms with E-state index in [1.165, 1.54) is 18.5 Å². The Kier molecular flexibility index (Phi) is 4.12. The molecule has 3 N–H and O–H groups in total. The molecule has 1 aromatic carbocycles. The minimum absolute atomic E-state index is 0.222. The van der Waals surface area contributed by atoms with Crippen LogP contribution < -0.4 is 11.1 Å². The summed E-state index contributed by atoms with van der Waals surface area (Å²) in [4.78, 5) is 7.93. The molecule has 2 rings (SSSR count). The molecule has 0 saturated heterocycles. The van der Waals surface area contributed by atoms with E-state index in [1.54, 1.807) is 6.92 Å². The molecule has 0 saturated carbocycles. The molecule has 0 aliphatic heterocycles. The predicted octanol–water partition coefficient (Wildman–Crippen LogP) is 3.34. The van der Waals surface area contributed by atoms with Crippen molar-refractivity contribution < 1.29 is 8.78 Å². The summed E-state index contributed by atoms with van der Waals surface area (Å²) in [5.41, 5.74) is 6.58. The van der Waals surface area contributed by atoms with Crippen molar-refractivity contribution in [1.29, 1.82) is 0 Å². The van der Waals surface area contributed by atoms with Crippen LogP contribution in [0, 0.1) is 18.6 Å². The third-order valence-electron chi connectivity index (χ3n) is 3.01. The van der Waals surface area contributed by atoms with Crippen LogP contribution in [0.4, 0.5) is 26.1 Å². The number of nitrogens with one attached hydrogen (secondary N) is 1. The fraction of sp³-hybridized carbons (Fsp3) is 0.286. The highest BCUT2D eigenvalue weighted by Gasteiger charge is 2.15. The molecule has 0 radical (unpaired) electrons. The molecule has 0 bridgehead atoms. The molecule has 106 valence electrons. The normalized spacial score (nSPS) is 10.6. The van der Waals surface area contributed by atoms with Gasteiger partial charge in [-0.15, -0.1) is 0 Å². The Hall–Kier alpha value is -2.24. The van der Waals surface area contributed by atoms with Crippen molar-refractivity contribution >= 4 is 17.3 Å². The van der Waals surface area contributed by atoms with E-state index in [4.69, 9.17) is 5.73 Å². The Morgan fingerprint density at radius 3 is 2.70 bits per heavy atom. The van der Waals surface area contributed by atoms with Gasteiger partial charge < -0.3 is 11.1 Å². The summed E-state index contributed by atoms with van der Waals surface area (Å²) in [5.74, 6) is -0.655.